The van der Waals surface area contributed by atoms with Crippen molar-refractivity contribution >= 4 is 34.2 Å². The summed E-state index contributed by atoms with van der Waals surface area (Å²) < 4.78 is 63.9. The van der Waals surface area contributed by atoms with Crippen LogP contribution in [0.4, 0.5) is 28.9 Å². The molecule has 12 heteroatoms. The summed E-state index contributed by atoms with van der Waals surface area (Å²) in [6.07, 6.45) is -5.32. The molecule has 0 fully saturated rings. The number of aliphatic carboxylic acids is 1. The van der Waals surface area contributed by atoms with Crippen LogP contribution in [0, 0.1) is 5.82 Å². The Hall–Kier alpha value is -4.74. The van der Waals surface area contributed by atoms with E-state index in [9.17, 15) is 28.2 Å². The number of aromatic nitrogens is 1. The van der Waals surface area contributed by atoms with Gasteiger partial charge in [0.25, 0.3) is 0 Å². The zero-order chi connectivity index (χ0) is 29.1. The number of aliphatic imine (C=N–C) groups is 1. The number of methoxy groups -OCH3 is 1. The molecule has 3 heterocycles. The molecule has 8 nitrogen and oxygen atoms in total. The Morgan fingerprint density at radius 2 is 1.88 bits per heavy atom. The predicted molar refractivity (Wildman–Crippen MR) is 143 cm³/mol. The van der Waals surface area contributed by atoms with Crippen LogP contribution in [0.15, 0.2) is 65.7 Å². The van der Waals surface area contributed by atoms with E-state index in [0.717, 1.165) is 34.8 Å². The fraction of sp³-hybridized carbons (Fsp3) is 0.241. The fourth-order valence-electron chi connectivity index (χ4n) is 5.66. The number of alkyl halides is 3. The van der Waals surface area contributed by atoms with Crippen molar-refractivity contribution in [3.8, 4) is 11.5 Å². The van der Waals surface area contributed by atoms with Crippen LogP contribution in [0.3, 0.4) is 0 Å². The van der Waals surface area contributed by atoms with Gasteiger partial charge in [0.1, 0.15) is 23.0 Å². The first-order valence-electron chi connectivity index (χ1n) is 12.7. The number of ether oxygens (including phenoxy) is 1. The van der Waals surface area contributed by atoms with Gasteiger partial charge in [0, 0.05) is 29.7 Å². The Balaban J connectivity index is 1.53. The van der Waals surface area contributed by atoms with Crippen molar-refractivity contribution in [2.45, 2.75) is 31.7 Å². The molecule has 4 aromatic rings. The number of benzene rings is 3. The lowest BCUT2D eigenvalue weighted by Crippen LogP contribution is -2.50. The van der Waals surface area contributed by atoms with Crippen LogP contribution in [0.25, 0.3) is 10.9 Å². The molecule has 1 unspecified atom stereocenters. The van der Waals surface area contributed by atoms with Gasteiger partial charge < -0.3 is 29.3 Å². The molecule has 212 valence electrons. The van der Waals surface area contributed by atoms with Crippen LogP contribution < -0.4 is 9.64 Å². The van der Waals surface area contributed by atoms with E-state index in [0.29, 0.717) is 18.8 Å². The van der Waals surface area contributed by atoms with E-state index >= 15 is 4.39 Å². The van der Waals surface area contributed by atoms with Crippen LogP contribution in [0.1, 0.15) is 29.3 Å². The summed E-state index contributed by atoms with van der Waals surface area (Å²) in [5.74, 6) is -1.74. The number of guanidine groups is 1. The molecule has 0 saturated heterocycles. The first kappa shape index (κ1) is 26.5. The first-order chi connectivity index (χ1) is 19.6. The average molecular weight is 569 g/mol. The second-order valence-electron chi connectivity index (χ2n) is 9.88. The zero-order valence-electron chi connectivity index (χ0n) is 21.7. The molecule has 0 bridgehead atoms. The maximum atomic E-state index is 15.1. The summed E-state index contributed by atoms with van der Waals surface area (Å²) in [5, 5.41) is 21.5. The minimum atomic E-state index is -4.73. The van der Waals surface area contributed by atoms with Crippen molar-refractivity contribution in [3.05, 3.63) is 83.3 Å². The number of hydrogen-bond donors (Lipinski definition) is 2. The van der Waals surface area contributed by atoms with Gasteiger partial charge >= 0.3 is 12.1 Å². The molecule has 1 aromatic heterocycles. The second-order valence-corrected chi connectivity index (χ2v) is 9.88. The highest BCUT2D eigenvalue weighted by molar-refractivity contribution is 6.02. The van der Waals surface area contributed by atoms with Gasteiger partial charge in [-0.05, 0) is 42.5 Å². The van der Waals surface area contributed by atoms with Crippen molar-refractivity contribution < 1.29 is 37.3 Å². The number of carboxylic acid groups (broad SMARTS) is 1. The third kappa shape index (κ3) is 4.48. The summed E-state index contributed by atoms with van der Waals surface area (Å²) in [6, 6.07) is 12.9. The van der Waals surface area contributed by atoms with Crippen LogP contribution in [0.2, 0.25) is 0 Å². The monoisotopic (exact) mass is 568 g/mol. The quantitative estimate of drug-likeness (QED) is 0.291. The van der Waals surface area contributed by atoms with Crippen molar-refractivity contribution in [1.82, 2.24) is 9.47 Å². The largest absolute Gasteiger partial charge is 0.506 e. The number of phenolic OH excluding ortho intramolecular Hbond substituents is 1. The van der Waals surface area contributed by atoms with Gasteiger partial charge in [-0.1, -0.05) is 18.2 Å². The van der Waals surface area contributed by atoms with Crippen LogP contribution >= 0.6 is 0 Å². The minimum absolute atomic E-state index is 0.0342. The highest BCUT2D eigenvalue weighted by Crippen LogP contribution is 2.46. The van der Waals surface area contributed by atoms with Gasteiger partial charge in [-0.25, -0.2) is 9.38 Å². The summed E-state index contributed by atoms with van der Waals surface area (Å²) in [5.41, 5.74) is 0.563. The zero-order valence-corrected chi connectivity index (χ0v) is 21.7. The molecule has 0 saturated carbocycles. The van der Waals surface area contributed by atoms with E-state index in [1.165, 1.54) is 23.1 Å². The lowest BCUT2D eigenvalue weighted by atomic mass is 9.96. The van der Waals surface area contributed by atoms with E-state index in [1.54, 1.807) is 12.0 Å². The van der Waals surface area contributed by atoms with E-state index in [4.69, 9.17) is 4.74 Å². The molecule has 3 aromatic carbocycles. The maximum absolute atomic E-state index is 15.1. The summed E-state index contributed by atoms with van der Waals surface area (Å²) in [6.45, 7) is 1.02. The number of para-hydroxylation sites is 1. The number of halogens is 4. The smallest absolute Gasteiger partial charge is 0.416 e. The highest BCUT2D eigenvalue weighted by Gasteiger charge is 2.40. The number of carbonyl (C=O) groups is 1. The Labute approximate surface area is 231 Å². The lowest BCUT2D eigenvalue weighted by molar-refractivity contribution is -0.138. The molecule has 6 rings (SSSR count). The van der Waals surface area contributed by atoms with E-state index in [1.807, 2.05) is 24.3 Å². The number of anilines is 1. The molecule has 0 amide bonds. The van der Waals surface area contributed by atoms with Crippen molar-refractivity contribution in [3.63, 3.8) is 0 Å². The Morgan fingerprint density at radius 3 is 2.61 bits per heavy atom. The molecule has 2 N–H and O–H groups in total. The predicted octanol–water partition coefficient (Wildman–Crippen LogP) is 6.05. The molecule has 41 heavy (non-hydrogen) atoms. The number of aromatic hydroxyl groups is 1. The number of nitrogens with zero attached hydrogens (tertiary/aromatic N) is 4. The topological polar surface area (TPSA) is 90.5 Å². The van der Waals surface area contributed by atoms with Gasteiger partial charge in [-0.15, -0.1) is 0 Å². The average Bonchev–Trinajstić information content (AvgIpc) is 3.31. The Kier molecular flexibility index (Phi) is 6.28. The van der Waals surface area contributed by atoms with Crippen molar-refractivity contribution in [2.75, 3.05) is 18.6 Å². The molecular formula is C29H24F4N4O4. The maximum Gasteiger partial charge on any atom is 0.416 e. The third-order valence-electron chi connectivity index (χ3n) is 7.49. The normalized spacial score (nSPS) is 16.8. The SMILES string of the molecule is COc1cccc2c1cc1n2CCN(C2=Nc3c(F)cccc3C(CC(=O)O)N2c2cc(C(F)(F)F)ccc2O)C1. The van der Waals surface area contributed by atoms with E-state index in [2.05, 4.69) is 9.56 Å². The number of fused-ring (bicyclic) bond motifs is 4. The first-order valence-corrected chi connectivity index (χ1v) is 12.7. The number of rotatable bonds is 4. The number of hydrogen-bond acceptors (Lipinski definition) is 6. The summed E-state index contributed by atoms with van der Waals surface area (Å²) in [7, 11) is 1.57. The van der Waals surface area contributed by atoms with Crippen LogP contribution in [-0.2, 0) is 24.1 Å². The second kappa shape index (κ2) is 9.72. The van der Waals surface area contributed by atoms with Gasteiger partial charge in [0.2, 0.25) is 5.96 Å². The Bertz CT molecular complexity index is 1720. The van der Waals surface area contributed by atoms with Gasteiger partial charge in [-0.2, -0.15) is 13.2 Å². The Morgan fingerprint density at radius 1 is 1.10 bits per heavy atom. The number of carboxylic acids is 1. The molecule has 0 spiro atoms. The molecular weight excluding hydrogens is 544 g/mol. The van der Waals surface area contributed by atoms with Gasteiger partial charge in [0.05, 0.1) is 42.9 Å². The molecule has 0 aliphatic carbocycles. The minimum Gasteiger partial charge on any atom is -0.506 e. The van der Waals surface area contributed by atoms with Crippen molar-refractivity contribution in [1.29, 1.82) is 0 Å². The van der Waals surface area contributed by atoms with Crippen LogP contribution in [-0.4, -0.2) is 45.3 Å². The molecule has 2 aliphatic heterocycles. The van der Waals surface area contributed by atoms with Gasteiger partial charge in [-0.3, -0.25) is 4.79 Å². The fourth-order valence-corrected chi connectivity index (χ4v) is 5.66. The van der Waals surface area contributed by atoms with E-state index < -0.39 is 41.7 Å². The van der Waals surface area contributed by atoms with E-state index in [-0.39, 0.29) is 29.4 Å². The van der Waals surface area contributed by atoms with Crippen LogP contribution in [0.5, 0.6) is 11.5 Å². The lowest BCUT2D eigenvalue weighted by Gasteiger charge is -2.43. The third-order valence-corrected chi connectivity index (χ3v) is 7.49. The highest BCUT2D eigenvalue weighted by atomic mass is 19.4. The molecule has 2 aliphatic rings. The van der Waals surface area contributed by atoms with Crippen molar-refractivity contribution in [2.24, 2.45) is 4.99 Å². The molecule has 0 radical (unpaired) electrons. The number of phenols is 1. The summed E-state index contributed by atoms with van der Waals surface area (Å²) >= 11 is 0. The van der Waals surface area contributed by atoms with Gasteiger partial charge in [0.15, 0.2) is 0 Å². The molecule has 1 atom stereocenters. The summed E-state index contributed by atoms with van der Waals surface area (Å²) in [4.78, 5) is 19.6. The standard InChI is InChI=1S/C29H24F4N4O4/c1-41-25-7-3-6-21-19(25)13-17-15-35(10-11-36(17)21)28-34-27-18(4-2-5-20(27)30)22(14-26(39)40)37(28)23-12-16(29(31,32)33)8-9-24(23)38/h2-9,12-13,22,38H,10-11,14-15H2,1H3,(H,39,40).